The molecule has 1 amide bonds. The molecule has 0 bridgehead atoms. The summed E-state index contributed by atoms with van der Waals surface area (Å²) in [5.74, 6) is 6.59. The zero-order valence-electron chi connectivity index (χ0n) is 15.7. The van der Waals surface area contributed by atoms with E-state index >= 15 is 0 Å². The number of hydrogen-bond donors (Lipinski definition) is 2. The van der Waals surface area contributed by atoms with Crippen molar-refractivity contribution in [3.63, 3.8) is 0 Å². The first-order chi connectivity index (χ1) is 14.2. The largest absolute Gasteiger partial charge is 0.335 e. The van der Waals surface area contributed by atoms with Crippen LogP contribution in [0.5, 0.6) is 0 Å². The number of thioether (sulfide) groups is 1. The van der Waals surface area contributed by atoms with Gasteiger partial charge in [0.2, 0.25) is 11.1 Å². The highest BCUT2D eigenvalue weighted by molar-refractivity contribution is 7.99. The predicted molar refractivity (Wildman–Crippen MR) is 115 cm³/mol. The van der Waals surface area contributed by atoms with E-state index in [4.69, 9.17) is 5.84 Å². The van der Waals surface area contributed by atoms with E-state index in [9.17, 15) is 10.1 Å². The Morgan fingerprint density at radius 2 is 2.03 bits per heavy atom. The molecule has 0 unspecified atom stereocenters. The van der Waals surface area contributed by atoms with Gasteiger partial charge in [0, 0.05) is 10.4 Å². The molecule has 0 atom stereocenters. The molecule has 0 saturated carbocycles. The van der Waals surface area contributed by atoms with E-state index in [0.29, 0.717) is 21.5 Å². The summed E-state index contributed by atoms with van der Waals surface area (Å²) in [5.41, 5.74) is 2.60. The van der Waals surface area contributed by atoms with Gasteiger partial charge in [0.25, 0.3) is 0 Å². The molecule has 4 rings (SSSR count). The van der Waals surface area contributed by atoms with Crippen molar-refractivity contribution in [1.82, 2.24) is 14.9 Å². The Bertz CT molecular complexity index is 1070. The molecular formula is C20H20N6OS2. The van der Waals surface area contributed by atoms with Gasteiger partial charge < -0.3 is 11.2 Å². The SMILES string of the molecule is N#Cc1c(NC(=O)CSc2nnc(-c3ccccc3)n2N)sc2c1CCCCC2. The van der Waals surface area contributed by atoms with Gasteiger partial charge in [0.1, 0.15) is 11.1 Å². The number of nitrogens with zero attached hydrogens (tertiary/aromatic N) is 4. The van der Waals surface area contributed by atoms with Crippen molar-refractivity contribution in [2.75, 3.05) is 16.9 Å². The molecule has 0 aliphatic heterocycles. The minimum Gasteiger partial charge on any atom is -0.335 e. The van der Waals surface area contributed by atoms with Crippen LogP contribution in [0.1, 0.15) is 35.3 Å². The summed E-state index contributed by atoms with van der Waals surface area (Å²) < 4.78 is 1.39. The number of nitrogens with two attached hydrogens (primary N) is 1. The topological polar surface area (TPSA) is 110 Å². The average Bonchev–Trinajstić information content (AvgIpc) is 3.17. The van der Waals surface area contributed by atoms with Crippen LogP contribution in [0.3, 0.4) is 0 Å². The number of nitrogens with one attached hydrogen (secondary N) is 1. The van der Waals surface area contributed by atoms with Crippen molar-refractivity contribution in [1.29, 1.82) is 5.26 Å². The molecule has 29 heavy (non-hydrogen) atoms. The van der Waals surface area contributed by atoms with Crippen LogP contribution in [0.4, 0.5) is 5.00 Å². The third-order valence-electron chi connectivity index (χ3n) is 4.81. The number of benzene rings is 1. The van der Waals surface area contributed by atoms with Gasteiger partial charge in [0.05, 0.1) is 11.3 Å². The molecule has 3 N–H and O–H groups in total. The Kier molecular flexibility index (Phi) is 5.83. The Morgan fingerprint density at radius 1 is 1.24 bits per heavy atom. The fourth-order valence-corrected chi connectivity index (χ4v) is 5.31. The van der Waals surface area contributed by atoms with E-state index in [2.05, 4.69) is 21.6 Å². The number of fused-ring (bicyclic) bond motifs is 1. The molecule has 3 aromatic rings. The number of amides is 1. The molecular weight excluding hydrogens is 404 g/mol. The molecule has 9 heteroatoms. The number of hydrogen-bond acceptors (Lipinski definition) is 7. The third kappa shape index (κ3) is 4.13. The highest BCUT2D eigenvalue weighted by atomic mass is 32.2. The Hall–Kier alpha value is -2.83. The highest BCUT2D eigenvalue weighted by Crippen LogP contribution is 2.37. The maximum Gasteiger partial charge on any atom is 0.235 e. The highest BCUT2D eigenvalue weighted by Gasteiger charge is 2.21. The molecule has 0 saturated heterocycles. The predicted octanol–water partition coefficient (Wildman–Crippen LogP) is 3.59. The maximum absolute atomic E-state index is 12.5. The minimum atomic E-state index is -0.188. The summed E-state index contributed by atoms with van der Waals surface area (Å²) >= 11 is 2.75. The van der Waals surface area contributed by atoms with Crippen LogP contribution in [0.25, 0.3) is 11.4 Å². The van der Waals surface area contributed by atoms with Crippen LogP contribution in [-0.2, 0) is 17.6 Å². The monoisotopic (exact) mass is 424 g/mol. The van der Waals surface area contributed by atoms with E-state index in [1.165, 1.54) is 39.1 Å². The smallest absolute Gasteiger partial charge is 0.235 e. The lowest BCUT2D eigenvalue weighted by molar-refractivity contribution is -0.113. The van der Waals surface area contributed by atoms with Crippen molar-refractivity contribution in [3.8, 4) is 17.5 Å². The lowest BCUT2D eigenvalue weighted by Crippen LogP contribution is -2.16. The van der Waals surface area contributed by atoms with Gasteiger partial charge in [-0.15, -0.1) is 21.5 Å². The second-order valence-corrected chi connectivity index (χ2v) is 8.81. The van der Waals surface area contributed by atoms with Gasteiger partial charge in [-0.1, -0.05) is 48.5 Å². The van der Waals surface area contributed by atoms with Crippen molar-refractivity contribution >= 4 is 34.0 Å². The number of thiophene rings is 1. The summed E-state index contributed by atoms with van der Waals surface area (Å²) in [4.78, 5) is 13.7. The number of aryl methyl sites for hydroxylation is 1. The number of rotatable bonds is 5. The molecule has 2 aromatic heterocycles. The second-order valence-electron chi connectivity index (χ2n) is 6.76. The fourth-order valence-electron chi connectivity index (χ4n) is 3.40. The molecule has 1 aromatic carbocycles. The molecule has 0 radical (unpaired) electrons. The number of aromatic nitrogens is 3. The molecule has 7 nitrogen and oxygen atoms in total. The van der Waals surface area contributed by atoms with Crippen molar-refractivity contribution in [2.24, 2.45) is 0 Å². The van der Waals surface area contributed by atoms with Crippen LogP contribution in [0.15, 0.2) is 35.5 Å². The summed E-state index contributed by atoms with van der Waals surface area (Å²) in [6, 6.07) is 11.8. The minimum absolute atomic E-state index is 0.136. The number of carbonyl (C=O) groups excluding carboxylic acids is 1. The van der Waals surface area contributed by atoms with Crippen LogP contribution in [0, 0.1) is 11.3 Å². The molecule has 2 heterocycles. The molecule has 1 aliphatic rings. The molecule has 0 spiro atoms. The number of nitriles is 1. The first-order valence-corrected chi connectivity index (χ1v) is 11.2. The Balaban J connectivity index is 1.43. The first kappa shape index (κ1) is 19.5. The van der Waals surface area contributed by atoms with Crippen molar-refractivity contribution in [2.45, 2.75) is 37.3 Å². The normalized spacial score (nSPS) is 13.3. The lowest BCUT2D eigenvalue weighted by Gasteiger charge is -2.05. The van der Waals surface area contributed by atoms with Gasteiger partial charge >= 0.3 is 0 Å². The van der Waals surface area contributed by atoms with Crippen LogP contribution >= 0.6 is 23.1 Å². The Labute approximate surface area is 176 Å². The van der Waals surface area contributed by atoms with E-state index < -0.39 is 0 Å². The summed E-state index contributed by atoms with van der Waals surface area (Å²) in [6.45, 7) is 0. The van der Waals surface area contributed by atoms with Crippen molar-refractivity contribution in [3.05, 3.63) is 46.3 Å². The van der Waals surface area contributed by atoms with E-state index in [0.717, 1.165) is 36.8 Å². The first-order valence-electron chi connectivity index (χ1n) is 9.40. The van der Waals surface area contributed by atoms with Gasteiger partial charge in [-0.3, -0.25) is 4.79 Å². The Morgan fingerprint density at radius 3 is 2.83 bits per heavy atom. The van der Waals surface area contributed by atoms with E-state index in [1.807, 2.05) is 30.3 Å². The van der Waals surface area contributed by atoms with Crippen LogP contribution < -0.4 is 11.2 Å². The van der Waals surface area contributed by atoms with Gasteiger partial charge in [-0.05, 0) is 31.2 Å². The van der Waals surface area contributed by atoms with Gasteiger partial charge in [-0.25, -0.2) is 4.68 Å². The molecule has 0 fully saturated rings. The van der Waals surface area contributed by atoms with Crippen LogP contribution in [0.2, 0.25) is 0 Å². The van der Waals surface area contributed by atoms with Gasteiger partial charge in [-0.2, -0.15) is 5.26 Å². The summed E-state index contributed by atoms with van der Waals surface area (Å²) in [7, 11) is 0. The average molecular weight is 425 g/mol. The second kappa shape index (κ2) is 8.68. The number of carbonyl (C=O) groups is 1. The van der Waals surface area contributed by atoms with E-state index in [1.54, 1.807) is 0 Å². The zero-order valence-corrected chi connectivity index (χ0v) is 17.4. The van der Waals surface area contributed by atoms with Crippen molar-refractivity contribution < 1.29 is 4.79 Å². The molecule has 1 aliphatic carbocycles. The van der Waals surface area contributed by atoms with E-state index in [-0.39, 0.29) is 11.7 Å². The van der Waals surface area contributed by atoms with Crippen LogP contribution in [-0.4, -0.2) is 26.5 Å². The third-order valence-corrected chi connectivity index (χ3v) is 6.97. The lowest BCUT2D eigenvalue weighted by atomic mass is 10.1. The molecule has 148 valence electrons. The summed E-state index contributed by atoms with van der Waals surface area (Å²) in [6.07, 6.45) is 5.32. The number of anilines is 1. The maximum atomic E-state index is 12.5. The fraction of sp³-hybridized carbons (Fsp3) is 0.300. The zero-order chi connectivity index (χ0) is 20.2. The quantitative estimate of drug-likeness (QED) is 0.368. The standard InChI is InChI=1S/C20H20N6OS2/c21-11-15-14-9-5-2-6-10-16(14)29-19(15)23-17(27)12-28-20-25-24-18(26(20)22)13-7-3-1-4-8-13/h1,3-4,7-8H,2,5-6,9-10,12,22H2,(H,23,27). The number of nitrogen functional groups attached to an aromatic ring is 1. The van der Waals surface area contributed by atoms with Gasteiger partial charge in [0.15, 0.2) is 5.82 Å². The summed E-state index contributed by atoms with van der Waals surface area (Å²) in [5, 5.41) is 21.8.